The van der Waals surface area contributed by atoms with Gasteiger partial charge in [-0.15, -0.1) is 0 Å². The summed E-state index contributed by atoms with van der Waals surface area (Å²) in [4.78, 5) is 0. The van der Waals surface area contributed by atoms with Crippen molar-refractivity contribution in [3.63, 3.8) is 0 Å². The van der Waals surface area contributed by atoms with Crippen LogP contribution in [0.25, 0.3) is 0 Å². The summed E-state index contributed by atoms with van der Waals surface area (Å²) in [6.45, 7) is 2.56. The minimum Gasteiger partial charge on any atom is -0.396 e. The van der Waals surface area contributed by atoms with Crippen LogP contribution in [0.2, 0.25) is 0 Å². The molecule has 1 saturated carbocycles. The van der Waals surface area contributed by atoms with Gasteiger partial charge in [-0.1, -0.05) is 39.0 Å². The van der Waals surface area contributed by atoms with Crippen molar-refractivity contribution in [2.45, 2.75) is 51.9 Å². The van der Waals surface area contributed by atoms with Gasteiger partial charge in [-0.2, -0.15) is 0 Å². The van der Waals surface area contributed by atoms with Gasteiger partial charge in [-0.3, -0.25) is 0 Å². The van der Waals surface area contributed by atoms with Gasteiger partial charge in [0.05, 0.1) is 0 Å². The first-order valence-electron chi connectivity index (χ1n) is 6.53. The Labute approximate surface area is 93.7 Å². The van der Waals surface area contributed by atoms with Crippen LogP contribution in [0.1, 0.15) is 51.9 Å². The number of aliphatic hydroxyl groups excluding tert-OH is 2. The van der Waals surface area contributed by atoms with E-state index in [1.54, 1.807) is 0 Å². The van der Waals surface area contributed by atoms with Crippen LogP contribution >= 0.6 is 0 Å². The first kappa shape index (κ1) is 13.0. The lowest BCUT2D eigenvalue weighted by molar-refractivity contribution is 0.0782. The van der Waals surface area contributed by atoms with Gasteiger partial charge in [0, 0.05) is 19.1 Å². The summed E-state index contributed by atoms with van der Waals surface area (Å²) in [6.07, 6.45) is 9.07. The molecular weight excluding hydrogens is 188 g/mol. The zero-order chi connectivity index (χ0) is 11.1. The topological polar surface area (TPSA) is 40.5 Å². The van der Waals surface area contributed by atoms with E-state index in [0.29, 0.717) is 5.92 Å². The number of rotatable bonds is 6. The summed E-state index contributed by atoms with van der Waals surface area (Å²) in [5.41, 5.74) is 0. The van der Waals surface area contributed by atoms with Crippen LogP contribution in [0, 0.1) is 17.8 Å². The molecule has 0 aliphatic heterocycles. The Bertz CT molecular complexity index is 147. The van der Waals surface area contributed by atoms with Gasteiger partial charge in [0.2, 0.25) is 0 Å². The minimum absolute atomic E-state index is 0.136. The highest BCUT2D eigenvalue weighted by Gasteiger charge is 2.26. The van der Waals surface area contributed by atoms with Gasteiger partial charge < -0.3 is 10.2 Å². The Morgan fingerprint density at radius 1 is 1.07 bits per heavy atom. The molecule has 1 aliphatic rings. The molecule has 0 atom stereocenters. The summed E-state index contributed by atoms with van der Waals surface area (Å²) in [6, 6.07) is 0. The molecule has 0 spiro atoms. The second kappa shape index (κ2) is 7.24. The van der Waals surface area contributed by atoms with Crippen molar-refractivity contribution >= 4 is 0 Å². The lowest BCUT2D eigenvalue weighted by Gasteiger charge is -2.32. The van der Waals surface area contributed by atoms with E-state index < -0.39 is 0 Å². The molecule has 0 bridgehead atoms. The molecule has 1 rings (SSSR count). The standard InChI is InChI=1S/C13H26O2/c1-2-3-4-11-5-7-12(8-6-11)13(9-14)10-15/h11-15H,2-10H2,1H3/t11-,12-. The third kappa shape index (κ3) is 4.12. The zero-order valence-corrected chi connectivity index (χ0v) is 9.99. The van der Waals surface area contributed by atoms with Gasteiger partial charge in [0.25, 0.3) is 0 Å². The quantitative estimate of drug-likeness (QED) is 0.713. The molecule has 0 amide bonds. The van der Waals surface area contributed by atoms with Gasteiger partial charge in [-0.25, -0.2) is 0 Å². The van der Waals surface area contributed by atoms with E-state index in [4.69, 9.17) is 10.2 Å². The summed E-state index contributed by atoms with van der Waals surface area (Å²) in [5.74, 6) is 1.62. The molecule has 15 heavy (non-hydrogen) atoms. The predicted molar refractivity (Wildman–Crippen MR) is 62.6 cm³/mol. The van der Waals surface area contributed by atoms with E-state index in [1.807, 2.05) is 0 Å². The fourth-order valence-electron chi connectivity index (χ4n) is 2.80. The highest BCUT2D eigenvalue weighted by molar-refractivity contribution is 4.77. The van der Waals surface area contributed by atoms with Crippen molar-refractivity contribution in [1.82, 2.24) is 0 Å². The maximum atomic E-state index is 9.13. The molecule has 1 fully saturated rings. The van der Waals surface area contributed by atoms with Crippen molar-refractivity contribution in [3.05, 3.63) is 0 Å². The third-order valence-electron chi connectivity index (χ3n) is 3.99. The summed E-state index contributed by atoms with van der Waals surface area (Å²) in [5, 5.41) is 18.3. The zero-order valence-electron chi connectivity index (χ0n) is 9.99. The largest absolute Gasteiger partial charge is 0.396 e. The number of hydrogen-bond donors (Lipinski definition) is 2. The van der Waals surface area contributed by atoms with E-state index in [-0.39, 0.29) is 19.1 Å². The Morgan fingerprint density at radius 3 is 2.13 bits per heavy atom. The molecule has 0 saturated heterocycles. The summed E-state index contributed by atoms with van der Waals surface area (Å²) < 4.78 is 0. The summed E-state index contributed by atoms with van der Waals surface area (Å²) >= 11 is 0. The third-order valence-corrected chi connectivity index (χ3v) is 3.99. The molecule has 0 aromatic rings. The van der Waals surface area contributed by atoms with E-state index >= 15 is 0 Å². The number of unbranched alkanes of at least 4 members (excludes halogenated alkanes) is 1. The fraction of sp³-hybridized carbons (Fsp3) is 1.00. The van der Waals surface area contributed by atoms with Gasteiger partial charge >= 0.3 is 0 Å². The van der Waals surface area contributed by atoms with Gasteiger partial charge in [-0.05, 0) is 24.7 Å². The van der Waals surface area contributed by atoms with Crippen LogP contribution in [0.5, 0.6) is 0 Å². The molecule has 2 heteroatoms. The van der Waals surface area contributed by atoms with Crippen LogP contribution < -0.4 is 0 Å². The smallest absolute Gasteiger partial charge is 0.0483 e. The normalized spacial score (nSPS) is 27.2. The molecule has 2 nitrogen and oxygen atoms in total. The average Bonchev–Trinajstić information content (AvgIpc) is 2.29. The van der Waals surface area contributed by atoms with Crippen LogP contribution in [0.4, 0.5) is 0 Å². The molecule has 2 N–H and O–H groups in total. The molecule has 0 aromatic heterocycles. The maximum absolute atomic E-state index is 9.13. The lowest BCUT2D eigenvalue weighted by atomic mass is 9.75. The lowest BCUT2D eigenvalue weighted by Crippen LogP contribution is -2.26. The highest BCUT2D eigenvalue weighted by Crippen LogP contribution is 2.35. The molecule has 90 valence electrons. The van der Waals surface area contributed by atoms with Crippen molar-refractivity contribution in [1.29, 1.82) is 0 Å². The summed E-state index contributed by atoms with van der Waals surface area (Å²) in [7, 11) is 0. The molecular formula is C13H26O2. The van der Waals surface area contributed by atoms with Crippen LogP contribution in [-0.2, 0) is 0 Å². The Hall–Kier alpha value is -0.0800. The SMILES string of the molecule is CCCC[C@H]1CC[C@H](C(CO)CO)CC1. The Morgan fingerprint density at radius 2 is 1.67 bits per heavy atom. The van der Waals surface area contributed by atoms with Gasteiger partial charge in [0.15, 0.2) is 0 Å². The van der Waals surface area contributed by atoms with Crippen LogP contribution in [0.15, 0.2) is 0 Å². The van der Waals surface area contributed by atoms with E-state index in [1.165, 1.54) is 44.9 Å². The fourth-order valence-corrected chi connectivity index (χ4v) is 2.80. The van der Waals surface area contributed by atoms with E-state index in [9.17, 15) is 0 Å². The van der Waals surface area contributed by atoms with Crippen molar-refractivity contribution < 1.29 is 10.2 Å². The van der Waals surface area contributed by atoms with E-state index in [2.05, 4.69) is 6.92 Å². The monoisotopic (exact) mass is 214 g/mol. The number of hydrogen-bond acceptors (Lipinski definition) is 2. The molecule has 0 aromatic carbocycles. The van der Waals surface area contributed by atoms with Gasteiger partial charge in [0.1, 0.15) is 0 Å². The first-order valence-corrected chi connectivity index (χ1v) is 6.53. The predicted octanol–water partition coefficient (Wildman–Crippen LogP) is 2.58. The highest BCUT2D eigenvalue weighted by atomic mass is 16.3. The average molecular weight is 214 g/mol. The van der Waals surface area contributed by atoms with Crippen molar-refractivity contribution in [3.8, 4) is 0 Å². The number of aliphatic hydroxyl groups is 2. The Kier molecular flexibility index (Phi) is 6.26. The van der Waals surface area contributed by atoms with Crippen molar-refractivity contribution in [2.24, 2.45) is 17.8 Å². The molecule has 0 heterocycles. The molecule has 0 unspecified atom stereocenters. The minimum atomic E-state index is 0.136. The second-order valence-electron chi connectivity index (χ2n) is 5.05. The van der Waals surface area contributed by atoms with Crippen molar-refractivity contribution in [2.75, 3.05) is 13.2 Å². The second-order valence-corrected chi connectivity index (χ2v) is 5.05. The molecule has 0 radical (unpaired) electrons. The van der Waals surface area contributed by atoms with Crippen LogP contribution in [0.3, 0.4) is 0 Å². The molecule has 1 aliphatic carbocycles. The maximum Gasteiger partial charge on any atom is 0.0483 e. The first-order chi connectivity index (χ1) is 7.31. The Balaban J connectivity index is 2.22. The van der Waals surface area contributed by atoms with Crippen LogP contribution in [-0.4, -0.2) is 23.4 Å². The van der Waals surface area contributed by atoms with E-state index in [0.717, 1.165) is 5.92 Å².